The number of benzene rings is 1. The van der Waals surface area contributed by atoms with Gasteiger partial charge in [-0.1, -0.05) is 17.7 Å². The highest BCUT2D eigenvalue weighted by molar-refractivity contribution is 7.98. The number of carbonyl (C=O) groups is 1. The monoisotopic (exact) mass is 291 g/mol. The molecule has 1 amide bonds. The number of halogens is 2. The van der Waals surface area contributed by atoms with E-state index in [1.54, 1.807) is 11.8 Å². The van der Waals surface area contributed by atoms with Crippen LogP contribution in [0.5, 0.6) is 0 Å². The van der Waals surface area contributed by atoms with Crippen LogP contribution in [0.2, 0.25) is 5.02 Å². The van der Waals surface area contributed by atoms with Crippen LogP contribution in [0.15, 0.2) is 18.2 Å². The van der Waals surface area contributed by atoms with Crippen molar-refractivity contribution in [3.05, 3.63) is 34.6 Å². The number of carbonyl (C=O) groups excluding carboxylic acids is 1. The molecule has 1 aromatic rings. The predicted molar refractivity (Wildman–Crippen MR) is 72.7 cm³/mol. The molecule has 0 saturated heterocycles. The second-order valence-corrected chi connectivity index (χ2v) is 5.03. The molecule has 0 saturated carbocycles. The van der Waals surface area contributed by atoms with Crippen molar-refractivity contribution in [2.45, 2.75) is 12.5 Å². The van der Waals surface area contributed by atoms with Gasteiger partial charge in [0.2, 0.25) is 0 Å². The zero-order valence-electron chi connectivity index (χ0n) is 9.95. The normalized spacial score (nSPS) is 12.2. The molecule has 3 nitrogen and oxygen atoms in total. The molecule has 1 aromatic carbocycles. The van der Waals surface area contributed by atoms with E-state index in [-0.39, 0.29) is 23.2 Å². The summed E-state index contributed by atoms with van der Waals surface area (Å²) in [7, 11) is 0. The lowest BCUT2D eigenvalue weighted by Gasteiger charge is -2.17. The van der Waals surface area contributed by atoms with E-state index in [1.807, 2.05) is 6.26 Å². The smallest absolute Gasteiger partial charge is 0.253 e. The van der Waals surface area contributed by atoms with Gasteiger partial charge in [0, 0.05) is 18.4 Å². The lowest BCUT2D eigenvalue weighted by atomic mass is 10.1. The first kappa shape index (κ1) is 15.3. The largest absolute Gasteiger partial charge is 0.396 e. The van der Waals surface area contributed by atoms with Crippen LogP contribution in [0.25, 0.3) is 0 Å². The molecule has 0 aliphatic rings. The van der Waals surface area contributed by atoms with E-state index in [0.717, 1.165) is 0 Å². The van der Waals surface area contributed by atoms with Gasteiger partial charge in [0.15, 0.2) is 0 Å². The van der Waals surface area contributed by atoms with E-state index in [0.29, 0.717) is 12.2 Å². The zero-order valence-corrected chi connectivity index (χ0v) is 11.5. The van der Waals surface area contributed by atoms with E-state index in [1.165, 1.54) is 18.2 Å². The number of rotatable bonds is 6. The van der Waals surface area contributed by atoms with Crippen molar-refractivity contribution in [2.24, 2.45) is 0 Å². The van der Waals surface area contributed by atoms with Crippen molar-refractivity contribution in [3.8, 4) is 0 Å². The molecular weight excluding hydrogens is 277 g/mol. The fourth-order valence-corrected chi connectivity index (χ4v) is 2.36. The van der Waals surface area contributed by atoms with Gasteiger partial charge in [-0.2, -0.15) is 11.8 Å². The van der Waals surface area contributed by atoms with E-state index >= 15 is 0 Å². The summed E-state index contributed by atoms with van der Waals surface area (Å²) >= 11 is 7.30. The summed E-state index contributed by atoms with van der Waals surface area (Å²) in [6.45, 7) is -0.0115. The van der Waals surface area contributed by atoms with Gasteiger partial charge in [0.25, 0.3) is 5.91 Å². The summed E-state index contributed by atoms with van der Waals surface area (Å²) in [5.74, 6) is -0.362. The average Bonchev–Trinajstić information content (AvgIpc) is 2.33. The Balaban J connectivity index is 2.77. The molecule has 1 atom stereocenters. The molecule has 0 aliphatic carbocycles. The summed E-state index contributed by atoms with van der Waals surface area (Å²) in [6.07, 6.45) is 2.37. The van der Waals surface area contributed by atoms with E-state index in [2.05, 4.69) is 5.32 Å². The second kappa shape index (κ2) is 7.61. The molecule has 0 radical (unpaired) electrons. The SMILES string of the molecule is CSC[C@@H](CCO)NC(=O)c1cccc(F)c1Cl. The highest BCUT2D eigenvalue weighted by atomic mass is 35.5. The Morgan fingerprint density at radius 1 is 1.61 bits per heavy atom. The van der Waals surface area contributed by atoms with Crippen molar-refractivity contribution in [1.29, 1.82) is 0 Å². The summed E-state index contributed by atoms with van der Waals surface area (Å²) in [5.41, 5.74) is 0.112. The van der Waals surface area contributed by atoms with Gasteiger partial charge in [0.05, 0.1) is 10.6 Å². The lowest BCUT2D eigenvalue weighted by Crippen LogP contribution is -2.37. The molecule has 1 rings (SSSR count). The molecule has 0 spiro atoms. The third kappa shape index (κ3) is 4.15. The zero-order chi connectivity index (χ0) is 13.5. The molecule has 6 heteroatoms. The summed E-state index contributed by atoms with van der Waals surface area (Å²) in [5, 5.41) is 11.5. The van der Waals surface area contributed by atoms with Gasteiger partial charge in [-0.05, 0) is 24.8 Å². The van der Waals surface area contributed by atoms with Crippen LogP contribution in [0.4, 0.5) is 4.39 Å². The fraction of sp³-hybridized carbons (Fsp3) is 0.417. The Kier molecular flexibility index (Phi) is 6.46. The van der Waals surface area contributed by atoms with Gasteiger partial charge in [0.1, 0.15) is 5.82 Å². The first-order valence-electron chi connectivity index (χ1n) is 5.44. The Morgan fingerprint density at radius 3 is 2.94 bits per heavy atom. The van der Waals surface area contributed by atoms with Crippen molar-refractivity contribution in [2.75, 3.05) is 18.6 Å². The Hall–Kier alpha value is -0.780. The predicted octanol–water partition coefficient (Wildman–Crippen LogP) is 2.32. The van der Waals surface area contributed by atoms with Crippen molar-refractivity contribution < 1.29 is 14.3 Å². The molecule has 0 unspecified atom stereocenters. The minimum atomic E-state index is -0.618. The molecule has 0 aliphatic heterocycles. The molecule has 18 heavy (non-hydrogen) atoms. The summed E-state index contributed by atoms with van der Waals surface area (Å²) < 4.78 is 13.2. The van der Waals surface area contributed by atoms with Gasteiger partial charge >= 0.3 is 0 Å². The van der Waals surface area contributed by atoms with Crippen LogP contribution >= 0.6 is 23.4 Å². The number of amides is 1. The maximum absolute atomic E-state index is 13.2. The first-order valence-corrected chi connectivity index (χ1v) is 7.22. The molecule has 0 aromatic heterocycles. The third-order valence-corrected chi connectivity index (χ3v) is 3.50. The molecule has 0 fully saturated rings. The molecule has 0 bridgehead atoms. The first-order chi connectivity index (χ1) is 8.60. The highest BCUT2D eigenvalue weighted by Crippen LogP contribution is 2.19. The van der Waals surface area contributed by atoms with Crippen LogP contribution < -0.4 is 5.32 Å². The molecule has 100 valence electrons. The summed E-state index contributed by atoms with van der Waals surface area (Å²) in [6, 6.07) is 3.95. The quantitative estimate of drug-likeness (QED) is 0.846. The number of aliphatic hydroxyl groups excluding tert-OH is 1. The third-order valence-electron chi connectivity index (χ3n) is 2.38. The highest BCUT2D eigenvalue weighted by Gasteiger charge is 2.17. The van der Waals surface area contributed by atoms with Crippen LogP contribution in [0, 0.1) is 5.82 Å². The topological polar surface area (TPSA) is 49.3 Å². The van der Waals surface area contributed by atoms with Gasteiger partial charge in [-0.3, -0.25) is 4.79 Å². The second-order valence-electron chi connectivity index (χ2n) is 3.74. The maximum Gasteiger partial charge on any atom is 0.253 e. The number of hydrogen-bond acceptors (Lipinski definition) is 3. The van der Waals surface area contributed by atoms with Crippen LogP contribution in [-0.4, -0.2) is 35.7 Å². The van der Waals surface area contributed by atoms with E-state index in [9.17, 15) is 9.18 Å². The van der Waals surface area contributed by atoms with E-state index in [4.69, 9.17) is 16.7 Å². The molecular formula is C12H15ClFNO2S. The number of thioether (sulfide) groups is 1. The minimum absolute atomic E-state index is 0.0115. The Morgan fingerprint density at radius 2 is 2.33 bits per heavy atom. The van der Waals surface area contributed by atoms with Crippen molar-refractivity contribution in [1.82, 2.24) is 5.32 Å². The van der Waals surface area contributed by atoms with Crippen LogP contribution in [-0.2, 0) is 0 Å². The van der Waals surface area contributed by atoms with Gasteiger partial charge in [-0.25, -0.2) is 4.39 Å². The Labute approximate surface area is 115 Å². The van der Waals surface area contributed by atoms with Gasteiger partial charge < -0.3 is 10.4 Å². The van der Waals surface area contributed by atoms with Crippen LogP contribution in [0.1, 0.15) is 16.8 Å². The fourth-order valence-electron chi connectivity index (χ4n) is 1.50. The van der Waals surface area contributed by atoms with Crippen molar-refractivity contribution >= 4 is 29.3 Å². The average molecular weight is 292 g/mol. The molecule has 2 N–H and O–H groups in total. The number of aliphatic hydroxyl groups is 1. The minimum Gasteiger partial charge on any atom is -0.396 e. The Bertz CT molecular complexity index is 411. The van der Waals surface area contributed by atoms with Gasteiger partial charge in [-0.15, -0.1) is 0 Å². The van der Waals surface area contributed by atoms with E-state index < -0.39 is 11.7 Å². The standard InChI is InChI=1S/C12H15ClFNO2S/c1-18-7-8(5-6-16)15-12(17)9-3-2-4-10(14)11(9)13/h2-4,8,16H,5-7H2,1H3,(H,15,17)/t8-/m1/s1. The number of hydrogen-bond donors (Lipinski definition) is 2. The number of nitrogens with one attached hydrogen (secondary N) is 1. The van der Waals surface area contributed by atoms with Crippen LogP contribution in [0.3, 0.4) is 0 Å². The lowest BCUT2D eigenvalue weighted by molar-refractivity contribution is 0.0935. The maximum atomic E-state index is 13.2. The molecule has 0 heterocycles. The van der Waals surface area contributed by atoms with Crippen molar-refractivity contribution in [3.63, 3.8) is 0 Å². The summed E-state index contributed by atoms with van der Waals surface area (Å²) in [4.78, 5) is 11.9.